The average molecular weight is 354 g/mol. The SMILES string of the molecule is CC(=O)O[Si](C)(OC(C)=O)OC(C)=O.CO[Si](O)(O)O.[NaH]. The number of hydrogen-bond donors (Lipinski definition) is 3. The summed E-state index contributed by atoms with van der Waals surface area (Å²) in [7, 11) is -6.60. The summed E-state index contributed by atoms with van der Waals surface area (Å²) < 4.78 is 17.8. The molecule has 0 atom stereocenters. The Balaban J connectivity index is -0.000000394. The minimum absolute atomic E-state index is 0. The summed E-state index contributed by atoms with van der Waals surface area (Å²) in [5, 5.41) is 0. The molecule has 0 unspecified atom stereocenters. The normalized spacial score (nSPS) is 10.3. The van der Waals surface area contributed by atoms with E-state index in [9.17, 15) is 14.4 Å². The maximum atomic E-state index is 10.7. The molecule has 0 aliphatic carbocycles. The molecule has 0 saturated carbocycles. The van der Waals surface area contributed by atoms with Gasteiger partial charge < -0.3 is 32.1 Å². The van der Waals surface area contributed by atoms with Gasteiger partial charge in [-0.2, -0.15) is 0 Å². The first kappa shape index (κ1) is 25.6. The second-order valence-electron chi connectivity index (χ2n) is 3.42. The Hall–Kier alpha value is -0.316. The van der Waals surface area contributed by atoms with Gasteiger partial charge in [0.1, 0.15) is 0 Å². The van der Waals surface area contributed by atoms with Crippen molar-refractivity contribution in [3.05, 3.63) is 0 Å². The Morgan fingerprint density at radius 3 is 1.10 bits per heavy atom. The van der Waals surface area contributed by atoms with Gasteiger partial charge in [0.15, 0.2) is 0 Å². The first-order valence-electron chi connectivity index (χ1n) is 5.12. The molecule has 0 spiro atoms. The van der Waals surface area contributed by atoms with Crippen LogP contribution in [0.1, 0.15) is 20.8 Å². The molecule has 3 N–H and O–H groups in total. The summed E-state index contributed by atoms with van der Waals surface area (Å²) in [6, 6.07) is 0. The molecular weight excluding hydrogens is 335 g/mol. The van der Waals surface area contributed by atoms with E-state index >= 15 is 0 Å². The van der Waals surface area contributed by atoms with E-state index in [0.29, 0.717) is 0 Å². The molecule has 0 aromatic carbocycles. The zero-order valence-corrected chi connectivity index (χ0v) is 13.7. The molecule has 0 fully saturated rings. The Morgan fingerprint density at radius 2 is 1.00 bits per heavy atom. The molecule has 10 nitrogen and oxygen atoms in total. The number of carbonyl (C=O) groups is 3. The summed E-state index contributed by atoms with van der Waals surface area (Å²) in [6.45, 7) is 4.70. The van der Waals surface area contributed by atoms with Crippen LogP contribution >= 0.6 is 0 Å². The monoisotopic (exact) mass is 354 g/mol. The van der Waals surface area contributed by atoms with Crippen molar-refractivity contribution in [3.63, 3.8) is 0 Å². The zero-order chi connectivity index (χ0) is 16.6. The van der Waals surface area contributed by atoms with E-state index in [1.54, 1.807) is 0 Å². The third-order valence-electron chi connectivity index (χ3n) is 1.26. The van der Waals surface area contributed by atoms with E-state index in [1.807, 2.05) is 0 Å². The van der Waals surface area contributed by atoms with Gasteiger partial charge in [0.2, 0.25) is 0 Å². The summed E-state index contributed by atoms with van der Waals surface area (Å²) in [6.07, 6.45) is 0. The topological polar surface area (TPSA) is 149 Å². The fourth-order valence-corrected chi connectivity index (χ4v) is 2.54. The predicted molar refractivity (Wildman–Crippen MR) is 73.5 cm³/mol. The summed E-state index contributed by atoms with van der Waals surface area (Å²) in [5.41, 5.74) is 0. The van der Waals surface area contributed by atoms with Gasteiger partial charge in [-0.3, -0.25) is 14.4 Å². The molecule has 0 rings (SSSR count). The molecule has 0 amide bonds. The van der Waals surface area contributed by atoms with Crippen molar-refractivity contribution in [1.29, 1.82) is 0 Å². The number of hydrogen-bond acceptors (Lipinski definition) is 10. The van der Waals surface area contributed by atoms with Gasteiger partial charge in [-0.25, -0.2) is 0 Å². The zero-order valence-electron chi connectivity index (χ0n) is 11.7. The van der Waals surface area contributed by atoms with Crippen molar-refractivity contribution in [2.45, 2.75) is 27.3 Å². The van der Waals surface area contributed by atoms with Gasteiger partial charge in [-0.05, 0) is 0 Å². The molecule has 0 aromatic rings. The van der Waals surface area contributed by atoms with Crippen molar-refractivity contribution >= 4 is 65.3 Å². The van der Waals surface area contributed by atoms with E-state index in [4.69, 9.17) is 14.4 Å². The molecule has 0 bridgehead atoms. The van der Waals surface area contributed by atoms with E-state index in [-0.39, 0.29) is 29.6 Å². The first-order chi connectivity index (χ1) is 8.81. The van der Waals surface area contributed by atoms with Gasteiger partial charge in [0.05, 0.1) is 0 Å². The average Bonchev–Trinajstić information content (AvgIpc) is 2.11. The third kappa shape index (κ3) is 19.7. The van der Waals surface area contributed by atoms with Crippen LogP contribution in [0.2, 0.25) is 6.55 Å². The molecule has 13 heteroatoms. The van der Waals surface area contributed by atoms with E-state index in [2.05, 4.69) is 17.7 Å². The number of rotatable bonds is 4. The van der Waals surface area contributed by atoms with E-state index < -0.39 is 35.8 Å². The van der Waals surface area contributed by atoms with Crippen LogP contribution in [0.15, 0.2) is 0 Å². The van der Waals surface area contributed by atoms with Gasteiger partial charge in [0.25, 0.3) is 17.9 Å². The van der Waals surface area contributed by atoms with Crippen molar-refractivity contribution in [3.8, 4) is 0 Å². The van der Waals surface area contributed by atoms with Crippen molar-refractivity contribution < 1.29 is 46.5 Å². The van der Waals surface area contributed by atoms with Crippen LogP contribution in [0.4, 0.5) is 0 Å². The van der Waals surface area contributed by atoms with Crippen LogP contribution < -0.4 is 0 Å². The summed E-state index contributed by atoms with van der Waals surface area (Å²) in [5.74, 6) is -2.00. The molecule has 21 heavy (non-hydrogen) atoms. The van der Waals surface area contributed by atoms with Crippen molar-refractivity contribution in [2.24, 2.45) is 0 Å². The van der Waals surface area contributed by atoms with Crippen LogP contribution in [0.3, 0.4) is 0 Å². The fraction of sp³-hybridized carbons (Fsp3) is 0.625. The van der Waals surface area contributed by atoms with Crippen LogP contribution in [-0.4, -0.2) is 86.8 Å². The summed E-state index contributed by atoms with van der Waals surface area (Å²) >= 11 is 0. The second-order valence-corrected chi connectivity index (χ2v) is 7.31. The van der Waals surface area contributed by atoms with Gasteiger partial charge in [-0.15, -0.1) is 0 Å². The van der Waals surface area contributed by atoms with Crippen LogP contribution in [0.5, 0.6) is 0 Å². The Bertz CT molecular complexity index is 315. The molecule has 0 aromatic heterocycles. The van der Waals surface area contributed by atoms with Crippen molar-refractivity contribution in [1.82, 2.24) is 0 Å². The van der Waals surface area contributed by atoms with Crippen molar-refractivity contribution in [2.75, 3.05) is 7.11 Å². The molecule has 0 aliphatic rings. The maximum absolute atomic E-state index is 10.7. The Kier molecular flexibility index (Phi) is 13.8. The van der Waals surface area contributed by atoms with Crippen LogP contribution in [0.25, 0.3) is 0 Å². The Morgan fingerprint density at radius 1 is 0.810 bits per heavy atom. The van der Waals surface area contributed by atoms with Crippen LogP contribution in [-0.2, 0) is 32.1 Å². The van der Waals surface area contributed by atoms with Crippen LogP contribution in [0, 0.1) is 0 Å². The van der Waals surface area contributed by atoms with Gasteiger partial charge >= 0.3 is 47.4 Å². The fourth-order valence-electron chi connectivity index (χ4n) is 0.846. The molecule has 0 saturated heterocycles. The van der Waals surface area contributed by atoms with Gasteiger partial charge in [-0.1, -0.05) is 0 Å². The van der Waals surface area contributed by atoms with E-state index in [1.165, 1.54) is 6.55 Å². The quantitative estimate of drug-likeness (QED) is 0.468. The predicted octanol–water partition coefficient (Wildman–Crippen LogP) is -2.36. The molecule has 0 radical (unpaired) electrons. The third-order valence-corrected chi connectivity index (χ3v) is 3.78. The number of carbonyl (C=O) groups excluding carboxylic acids is 3. The van der Waals surface area contributed by atoms with Gasteiger partial charge in [0, 0.05) is 34.4 Å². The summed E-state index contributed by atoms with van der Waals surface area (Å²) in [4.78, 5) is 55.5. The molecule has 0 heterocycles. The Labute approximate surface area is 146 Å². The molecule has 120 valence electrons. The van der Waals surface area contributed by atoms with E-state index in [0.717, 1.165) is 27.9 Å². The standard InChI is InChI=1S/C7H12O6Si.CH6O4Si.Na.H/c1-5(8)11-14(4,12-6(2)9)13-7(3)10;1-5-6(2,3)4;;/h1-4H3;2-4H,1H3;;. The second kappa shape index (κ2) is 11.3. The minimum atomic E-state index is -4.13. The molecule has 0 aliphatic heterocycles. The molecular formula is C8H19NaO10Si2. The first-order valence-corrected chi connectivity index (χ1v) is 9.09.